The van der Waals surface area contributed by atoms with Crippen molar-refractivity contribution in [2.45, 2.75) is 71.6 Å². The molecule has 14 heavy (non-hydrogen) atoms. The van der Waals surface area contributed by atoms with Crippen molar-refractivity contribution in [3.05, 3.63) is 0 Å². The van der Waals surface area contributed by atoms with Crippen molar-refractivity contribution in [3.8, 4) is 0 Å². The lowest BCUT2D eigenvalue weighted by Gasteiger charge is -2.11. The van der Waals surface area contributed by atoms with Crippen LogP contribution < -0.4 is 0 Å². The molecular weight excluding hydrogens is 195 g/mol. The van der Waals surface area contributed by atoms with Crippen LogP contribution in [-0.2, 0) is 9.09 Å². The lowest BCUT2D eigenvalue weighted by atomic mass is 10.1. The molecule has 0 fully saturated rings. The SMILES string of the molecule is CCCC(CCC)O[P+](=O)C(C)(C)C. The first-order chi connectivity index (χ1) is 6.41. The third-order valence-electron chi connectivity index (χ3n) is 2.01. The average Bonchev–Trinajstić information content (AvgIpc) is 2.03. The molecule has 0 aliphatic heterocycles. The summed E-state index contributed by atoms with van der Waals surface area (Å²) in [6, 6.07) is 0. The molecule has 1 atom stereocenters. The Hall–Kier alpha value is 0.0600. The van der Waals surface area contributed by atoms with Crippen LogP contribution in [0.2, 0.25) is 0 Å². The van der Waals surface area contributed by atoms with Crippen molar-refractivity contribution in [2.75, 3.05) is 0 Å². The first-order valence-electron chi connectivity index (χ1n) is 5.56. The minimum Gasteiger partial charge on any atom is -0.143 e. The molecule has 0 radical (unpaired) electrons. The monoisotopic (exact) mass is 219 g/mol. The highest BCUT2D eigenvalue weighted by atomic mass is 31.1. The highest BCUT2D eigenvalue weighted by Crippen LogP contribution is 2.41. The lowest BCUT2D eigenvalue weighted by Crippen LogP contribution is -2.15. The number of rotatable bonds is 6. The fourth-order valence-corrected chi connectivity index (χ4v) is 1.99. The van der Waals surface area contributed by atoms with E-state index in [2.05, 4.69) is 13.8 Å². The average molecular weight is 219 g/mol. The van der Waals surface area contributed by atoms with Crippen molar-refractivity contribution in [2.24, 2.45) is 0 Å². The van der Waals surface area contributed by atoms with Crippen LogP contribution in [0.25, 0.3) is 0 Å². The van der Waals surface area contributed by atoms with Crippen molar-refractivity contribution >= 4 is 8.03 Å². The third kappa shape index (κ3) is 5.72. The molecule has 0 aromatic heterocycles. The third-order valence-corrected chi connectivity index (χ3v) is 3.60. The topological polar surface area (TPSA) is 26.3 Å². The van der Waals surface area contributed by atoms with E-state index in [0.717, 1.165) is 25.7 Å². The molecule has 0 saturated heterocycles. The molecule has 3 heteroatoms. The van der Waals surface area contributed by atoms with Gasteiger partial charge in [0, 0.05) is 0 Å². The maximum absolute atomic E-state index is 11.8. The van der Waals surface area contributed by atoms with Gasteiger partial charge in [0.05, 0.1) is 0 Å². The normalized spacial score (nSPS) is 13.4. The lowest BCUT2D eigenvalue weighted by molar-refractivity contribution is 0.185. The van der Waals surface area contributed by atoms with E-state index in [4.69, 9.17) is 4.52 Å². The summed E-state index contributed by atoms with van der Waals surface area (Å²) in [7, 11) is -1.53. The van der Waals surface area contributed by atoms with Crippen LogP contribution in [0.1, 0.15) is 60.3 Å². The van der Waals surface area contributed by atoms with E-state index < -0.39 is 8.03 Å². The summed E-state index contributed by atoms with van der Waals surface area (Å²) in [5.41, 5.74) is 0. The molecule has 0 saturated carbocycles. The van der Waals surface area contributed by atoms with Gasteiger partial charge in [0.1, 0.15) is 6.10 Å². The van der Waals surface area contributed by atoms with Gasteiger partial charge in [-0.2, -0.15) is 0 Å². The Morgan fingerprint density at radius 2 is 1.57 bits per heavy atom. The van der Waals surface area contributed by atoms with E-state index in [1.54, 1.807) is 0 Å². The Morgan fingerprint density at radius 1 is 1.14 bits per heavy atom. The highest BCUT2D eigenvalue weighted by molar-refractivity contribution is 7.41. The molecule has 2 nitrogen and oxygen atoms in total. The second-order valence-corrected chi connectivity index (χ2v) is 6.80. The molecule has 0 aromatic carbocycles. The molecule has 0 bridgehead atoms. The van der Waals surface area contributed by atoms with Crippen LogP contribution in [0.4, 0.5) is 0 Å². The predicted octanol–water partition coefficient (Wildman–Crippen LogP) is 4.51. The first kappa shape index (κ1) is 14.1. The predicted molar refractivity (Wildman–Crippen MR) is 62.0 cm³/mol. The van der Waals surface area contributed by atoms with Crippen LogP contribution in [-0.4, -0.2) is 11.3 Å². The minimum atomic E-state index is -1.53. The maximum atomic E-state index is 11.8. The number of hydrogen-bond acceptors (Lipinski definition) is 2. The molecule has 0 heterocycles. The van der Waals surface area contributed by atoms with Crippen LogP contribution >= 0.6 is 8.03 Å². The summed E-state index contributed by atoms with van der Waals surface area (Å²) in [5.74, 6) is 0. The van der Waals surface area contributed by atoms with Gasteiger partial charge in [-0.25, -0.2) is 0 Å². The van der Waals surface area contributed by atoms with Crippen LogP contribution in [0.5, 0.6) is 0 Å². The summed E-state index contributed by atoms with van der Waals surface area (Å²) in [4.78, 5) is 0. The van der Waals surface area contributed by atoms with Crippen LogP contribution in [0, 0.1) is 0 Å². The standard InChI is InChI=1S/C11H24O2P/c1-6-8-10(9-7-2)13-14(12)11(3,4)5/h10H,6-9H2,1-5H3/q+1. The maximum Gasteiger partial charge on any atom is 0.513 e. The first-order valence-corrected chi connectivity index (χ1v) is 6.73. The molecule has 0 aliphatic carbocycles. The van der Waals surface area contributed by atoms with Crippen LogP contribution in [0.3, 0.4) is 0 Å². The Balaban J connectivity index is 4.08. The smallest absolute Gasteiger partial charge is 0.143 e. The van der Waals surface area contributed by atoms with Gasteiger partial charge in [-0.1, -0.05) is 26.7 Å². The van der Waals surface area contributed by atoms with Crippen molar-refractivity contribution in [3.63, 3.8) is 0 Å². The van der Waals surface area contributed by atoms with Crippen molar-refractivity contribution in [1.82, 2.24) is 0 Å². The fraction of sp³-hybridized carbons (Fsp3) is 1.00. The van der Waals surface area contributed by atoms with E-state index in [0.29, 0.717) is 0 Å². The van der Waals surface area contributed by atoms with Crippen LogP contribution in [0.15, 0.2) is 0 Å². The largest absolute Gasteiger partial charge is 0.513 e. The molecule has 0 aromatic rings. The molecule has 84 valence electrons. The molecule has 0 N–H and O–H groups in total. The summed E-state index contributed by atoms with van der Waals surface area (Å²) in [5, 5.41) is -0.227. The zero-order chi connectivity index (χ0) is 11.2. The summed E-state index contributed by atoms with van der Waals surface area (Å²) < 4.78 is 17.4. The number of hydrogen-bond donors (Lipinski definition) is 0. The molecular formula is C11H24O2P+. The highest BCUT2D eigenvalue weighted by Gasteiger charge is 2.38. The van der Waals surface area contributed by atoms with E-state index in [-0.39, 0.29) is 11.3 Å². The van der Waals surface area contributed by atoms with Gasteiger partial charge in [0.25, 0.3) is 0 Å². The second-order valence-electron chi connectivity index (χ2n) is 4.73. The van der Waals surface area contributed by atoms with Gasteiger partial charge in [0.2, 0.25) is 0 Å². The van der Waals surface area contributed by atoms with Gasteiger partial charge in [-0.05, 0) is 38.2 Å². The zero-order valence-electron chi connectivity index (χ0n) is 10.2. The second kappa shape index (κ2) is 6.53. The molecule has 0 rings (SSSR count). The Morgan fingerprint density at radius 3 is 1.86 bits per heavy atom. The minimum absolute atomic E-state index is 0.188. The summed E-state index contributed by atoms with van der Waals surface area (Å²) in [6.07, 6.45) is 4.42. The Labute approximate surface area is 89.3 Å². The zero-order valence-corrected chi connectivity index (χ0v) is 11.1. The van der Waals surface area contributed by atoms with E-state index in [1.807, 2.05) is 20.8 Å². The molecule has 0 aliphatic rings. The Bertz CT molecular complexity index is 167. The van der Waals surface area contributed by atoms with E-state index in [9.17, 15) is 4.57 Å². The van der Waals surface area contributed by atoms with Crippen molar-refractivity contribution < 1.29 is 9.09 Å². The summed E-state index contributed by atoms with van der Waals surface area (Å²) >= 11 is 0. The van der Waals surface area contributed by atoms with Gasteiger partial charge in [-0.15, -0.1) is 4.52 Å². The molecule has 0 amide bonds. The summed E-state index contributed by atoms with van der Waals surface area (Å²) in [6.45, 7) is 10.1. The van der Waals surface area contributed by atoms with E-state index >= 15 is 0 Å². The quantitative estimate of drug-likeness (QED) is 0.614. The van der Waals surface area contributed by atoms with Gasteiger partial charge < -0.3 is 0 Å². The van der Waals surface area contributed by atoms with E-state index in [1.165, 1.54) is 0 Å². The van der Waals surface area contributed by atoms with Gasteiger partial charge >= 0.3 is 8.03 Å². The molecule has 0 spiro atoms. The van der Waals surface area contributed by atoms with Gasteiger partial charge in [-0.3, -0.25) is 0 Å². The van der Waals surface area contributed by atoms with Gasteiger partial charge in [0.15, 0.2) is 5.16 Å². The van der Waals surface area contributed by atoms with Crippen molar-refractivity contribution in [1.29, 1.82) is 0 Å². The molecule has 1 unspecified atom stereocenters. The fourth-order valence-electron chi connectivity index (χ4n) is 1.19. The Kier molecular flexibility index (Phi) is 6.55.